The van der Waals surface area contributed by atoms with Gasteiger partial charge in [0, 0.05) is 6.07 Å². The van der Waals surface area contributed by atoms with Gasteiger partial charge in [0.25, 0.3) is 5.91 Å². The molecule has 1 atom stereocenters. The quantitative estimate of drug-likeness (QED) is 0.781. The molecule has 0 aromatic heterocycles. The van der Waals surface area contributed by atoms with Gasteiger partial charge in [0.15, 0.2) is 6.10 Å². The van der Waals surface area contributed by atoms with E-state index in [1.54, 1.807) is 49.4 Å². The monoisotopic (exact) mass is 354 g/mol. The molecule has 0 saturated heterocycles. The van der Waals surface area contributed by atoms with Crippen molar-refractivity contribution in [3.8, 4) is 23.3 Å². The van der Waals surface area contributed by atoms with Crippen molar-refractivity contribution >= 4 is 11.6 Å². The molecule has 0 aliphatic carbocycles. The molecule has 0 aliphatic heterocycles. The highest BCUT2D eigenvalue weighted by Crippen LogP contribution is 2.29. The van der Waals surface area contributed by atoms with Crippen molar-refractivity contribution in [3.63, 3.8) is 0 Å². The van der Waals surface area contributed by atoms with Gasteiger partial charge >= 0.3 is 0 Å². The number of carbonyl (C=O) groups is 1. The molecule has 136 valence electrons. The maximum Gasteiger partial charge on any atom is 0.265 e. The number of benzene rings is 2. The smallest absolute Gasteiger partial charge is 0.265 e. The Morgan fingerprint density at radius 1 is 1.08 bits per heavy atom. The third-order valence-electron chi connectivity index (χ3n) is 3.49. The minimum atomic E-state index is -0.729. The van der Waals surface area contributed by atoms with Gasteiger partial charge in [0.05, 0.1) is 30.5 Å². The number of carbonyl (C=O) groups excluding carboxylic acids is 1. The second-order valence-corrected chi connectivity index (χ2v) is 5.41. The first-order chi connectivity index (χ1) is 12.6. The Morgan fingerprint density at radius 3 is 2.35 bits per heavy atom. The molecule has 1 unspecified atom stereocenters. The average molecular weight is 354 g/mol. The zero-order valence-corrected chi connectivity index (χ0v) is 15.1. The molecule has 1 N–H and O–H groups in total. The maximum absolute atomic E-state index is 12.5. The molecule has 1 amide bonds. The molecule has 6 nitrogen and oxygen atoms in total. The zero-order chi connectivity index (χ0) is 18.9. The van der Waals surface area contributed by atoms with Gasteiger partial charge in [-0.2, -0.15) is 5.26 Å². The van der Waals surface area contributed by atoms with Gasteiger partial charge in [-0.25, -0.2) is 0 Å². The predicted octanol–water partition coefficient (Wildman–Crippen LogP) is 3.76. The Labute approximate surface area is 153 Å². The Hall–Kier alpha value is -3.20. The standard InChI is InChI=1S/C20H22N2O4/c1-4-24-17-10-11-19(25-5-2)18(12-17)22-20(23)14(3)26-16-8-6-15(13-21)7-9-16/h6-12,14H,4-5H2,1-3H3,(H,22,23). The fourth-order valence-electron chi connectivity index (χ4n) is 2.24. The average Bonchev–Trinajstić information content (AvgIpc) is 2.64. The van der Waals surface area contributed by atoms with Crippen LogP contribution in [0, 0.1) is 11.3 Å². The highest BCUT2D eigenvalue weighted by atomic mass is 16.5. The molecule has 0 radical (unpaired) electrons. The van der Waals surface area contributed by atoms with E-state index in [2.05, 4.69) is 5.32 Å². The molecule has 0 spiro atoms. The van der Waals surface area contributed by atoms with Crippen LogP contribution in [-0.2, 0) is 4.79 Å². The summed E-state index contributed by atoms with van der Waals surface area (Å²) in [6.45, 7) is 6.43. The fraction of sp³-hybridized carbons (Fsp3) is 0.300. The third kappa shape index (κ3) is 5.15. The molecule has 2 rings (SSSR count). The van der Waals surface area contributed by atoms with Gasteiger partial charge in [-0.15, -0.1) is 0 Å². The SMILES string of the molecule is CCOc1ccc(OCC)c(NC(=O)C(C)Oc2ccc(C#N)cc2)c1. The van der Waals surface area contributed by atoms with E-state index in [-0.39, 0.29) is 5.91 Å². The summed E-state index contributed by atoms with van der Waals surface area (Å²) in [5, 5.41) is 11.6. The molecule has 6 heteroatoms. The van der Waals surface area contributed by atoms with Crippen molar-refractivity contribution in [2.75, 3.05) is 18.5 Å². The van der Waals surface area contributed by atoms with E-state index in [1.165, 1.54) is 0 Å². The lowest BCUT2D eigenvalue weighted by Gasteiger charge is -2.17. The summed E-state index contributed by atoms with van der Waals surface area (Å²) in [7, 11) is 0. The highest BCUT2D eigenvalue weighted by molar-refractivity contribution is 5.95. The number of ether oxygens (including phenoxy) is 3. The van der Waals surface area contributed by atoms with Crippen LogP contribution in [0.3, 0.4) is 0 Å². The van der Waals surface area contributed by atoms with Crippen molar-refractivity contribution in [2.45, 2.75) is 26.9 Å². The van der Waals surface area contributed by atoms with Crippen LogP contribution < -0.4 is 19.5 Å². The Morgan fingerprint density at radius 2 is 1.73 bits per heavy atom. The highest BCUT2D eigenvalue weighted by Gasteiger charge is 2.17. The Balaban J connectivity index is 2.09. The summed E-state index contributed by atoms with van der Waals surface area (Å²) in [5.41, 5.74) is 1.06. The number of nitrogens with zero attached hydrogens (tertiary/aromatic N) is 1. The molecular formula is C20H22N2O4. The van der Waals surface area contributed by atoms with E-state index >= 15 is 0 Å². The van der Waals surface area contributed by atoms with Crippen molar-refractivity contribution in [1.82, 2.24) is 0 Å². The number of hydrogen-bond donors (Lipinski definition) is 1. The van der Waals surface area contributed by atoms with Gasteiger partial charge in [0.1, 0.15) is 17.2 Å². The first kappa shape index (κ1) is 19.1. The summed E-state index contributed by atoms with van der Waals surface area (Å²) in [6.07, 6.45) is -0.729. The first-order valence-corrected chi connectivity index (χ1v) is 8.44. The second-order valence-electron chi connectivity index (χ2n) is 5.41. The molecular weight excluding hydrogens is 332 g/mol. The van der Waals surface area contributed by atoms with Crippen LogP contribution >= 0.6 is 0 Å². The summed E-state index contributed by atoms with van der Waals surface area (Å²) < 4.78 is 16.7. The minimum Gasteiger partial charge on any atom is -0.494 e. The van der Waals surface area contributed by atoms with Gasteiger partial charge < -0.3 is 19.5 Å². The third-order valence-corrected chi connectivity index (χ3v) is 3.49. The molecule has 26 heavy (non-hydrogen) atoms. The molecule has 0 aliphatic rings. The minimum absolute atomic E-state index is 0.316. The van der Waals surface area contributed by atoms with Crippen LogP contribution in [0.25, 0.3) is 0 Å². The summed E-state index contributed by atoms with van der Waals surface area (Å²) in [4.78, 5) is 12.5. The second kappa shape index (κ2) is 9.33. The normalized spacial score (nSPS) is 11.2. The van der Waals surface area contributed by atoms with Crippen LogP contribution in [0.5, 0.6) is 17.2 Å². The summed E-state index contributed by atoms with van der Waals surface area (Å²) in [5.74, 6) is 1.41. The van der Waals surface area contributed by atoms with Crippen LogP contribution in [0.15, 0.2) is 42.5 Å². The molecule has 2 aromatic rings. The van der Waals surface area contributed by atoms with E-state index < -0.39 is 6.10 Å². The van der Waals surface area contributed by atoms with Crippen molar-refractivity contribution in [3.05, 3.63) is 48.0 Å². The summed E-state index contributed by atoms with van der Waals surface area (Å²) in [6, 6.07) is 13.9. The molecule has 0 heterocycles. The maximum atomic E-state index is 12.5. The molecule has 0 bridgehead atoms. The number of nitriles is 1. The lowest BCUT2D eigenvalue weighted by molar-refractivity contribution is -0.122. The lowest BCUT2D eigenvalue weighted by Crippen LogP contribution is -2.30. The summed E-state index contributed by atoms with van der Waals surface area (Å²) >= 11 is 0. The van der Waals surface area contributed by atoms with Crippen molar-refractivity contribution in [2.24, 2.45) is 0 Å². The molecule has 2 aromatic carbocycles. The van der Waals surface area contributed by atoms with Crippen molar-refractivity contribution < 1.29 is 19.0 Å². The topological polar surface area (TPSA) is 80.6 Å². The van der Waals surface area contributed by atoms with Gasteiger partial charge in [0.2, 0.25) is 0 Å². The number of amides is 1. The van der Waals surface area contributed by atoms with Gasteiger partial charge in [-0.1, -0.05) is 0 Å². The molecule has 0 fully saturated rings. The van der Waals surface area contributed by atoms with Gasteiger partial charge in [-0.3, -0.25) is 4.79 Å². The number of rotatable bonds is 8. The van der Waals surface area contributed by atoms with E-state index in [9.17, 15) is 4.79 Å². The van der Waals surface area contributed by atoms with Crippen LogP contribution in [0.4, 0.5) is 5.69 Å². The Kier molecular flexibility index (Phi) is 6.86. The van der Waals surface area contributed by atoms with Crippen molar-refractivity contribution in [1.29, 1.82) is 5.26 Å². The van der Waals surface area contributed by atoms with Crippen LogP contribution in [0.2, 0.25) is 0 Å². The van der Waals surface area contributed by atoms with Crippen LogP contribution in [-0.4, -0.2) is 25.2 Å². The molecule has 0 saturated carbocycles. The number of anilines is 1. The number of hydrogen-bond acceptors (Lipinski definition) is 5. The fourth-order valence-corrected chi connectivity index (χ4v) is 2.24. The predicted molar refractivity (Wildman–Crippen MR) is 98.7 cm³/mol. The van der Waals surface area contributed by atoms with E-state index in [0.29, 0.717) is 41.7 Å². The zero-order valence-electron chi connectivity index (χ0n) is 15.1. The Bertz CT molecular complexity index is 781. The number of nitrogens with one attached hydrogen (secondary N) is 1. The van der Waals surface area contributed by atoms with E-state index in [4.69, 9.17) is 19.5 Å². The lowest BCUT2D eigenvalue weighted by atomic mass is 10.2. The largest absolute Gasteiger partial charge is 0.494 e. The van der Waals surface area contributed by atoms with E-state index in [1.807, 2.05) is 19.9 Å². The van der Waals surface area contributed by atoms with E-state index in [0.717, 1.165) is 0 Å². The van der Waals surface area contributed by atoms with Crippen LogP contribution in [0.1, 0.15) is 26.3 Å². The first-order valence-electron chi connectivity index (χ1n) is 8.44. The van der Waals surface area contributed by atoms with Gasteiger partial charge in [-0.05, 0) is 57.2 Å².